The molecule has 8 heteroatoms. The molecule has 0 atom stereocenters. The Balaban J connectivity index is 1.26. The predicted molar refractivity (Wildman–Crippen MR) is 137 cm³/mol. The molecule has 0 radical (unpaired) electrons. The van der Waals surface area contributed by atoms with Gasteiger partial charge in [-0.15, -0.1) is 0 Å². The number of anilines is 1. The van der Waals surface area contributed by atoms with E-state index in [-0.39, 0.29) is 11.3 Å². The van der Waals surface area contributed by atoms with E-state index in [0.29, 0.717) is 12.3 Å². The topological polar surface area (TPSA) is 35.8 Å². The van der Waals surface area contributed by atoms with Gasteiger partial charge < -0.3 is 9.42 Å². The first-order chi connectivity index (χ1) is 17.2. The number of piperazine rings is 1. The fourth-order valence-corrected chi connectivity index (χ4v) is 4.93. The summed E-state index contributed by atoms with van der Waals surface area (Å²) in [6.07, 6.45) is -3.41. The van der Waals surface area contributed by atoms with Crippen molar-refractivity contribution in [2.24, 2.45) is 0 Å². The first kappa shape index (κ1) is 26.2. The molecule has 0 unspecified atom stereocenters. The molecule has 1 saturated heterocycles. The number of halogens is 3. The smallest absolute Gasteiger partial charge is 0.369 e. The number of aromatic nitrogens is 1. The normalized spacial score (nSPS) is 15.1. The van der Waals surface area contributed by atoms with Crippen LogP contribution in [0.4, 0.5) is 18.9 Å². The van der Waals surface area contributed by atoms with Gasteiger partial charge in [-0.05, 0) is 57.6 Å². The van der Waals surface area contributed by atoms with Crippen LogP contribution in [0.2, 0.25) is 0 Å². The maximum Gasteiger partial charge on any atom is 0.417 e. The Morgan fingerprint density at radius 3 is 2.44 bits per heavy atom. The minimum absolute atomic E-state index is 0.0445. The SMILES string of the molecule is CCN(CCCN1CCN(c2ccc(C)cc2C)CC1)Cc1cc(-c2ccccc2C(F)(F)F)no1. The summed E-state index contributed by atoms with van der Waals surface area (Å²) in [6.45, 7) is 13.8. The Morgan fingerprint density at radius 2 is 1.75 bits per heavy atom. The van der Waals surface area contributed by atoms with E-state index < -0.39 is 11.7 Å². The molecule has 194 valence electrons. The van der Waals surface area contributed by atoms with Gasteiger partial charge in [0.1, 0.15) is 5.69 Å². The van der Waals surface area contributed by atoms with Crippen molar-refractivity contribution in [1.82, 2.24) is 15.0 Å². The summed E-state index contributed by atoms with van der Waals surface area (Å²) in [5, 5.41) is 3.93. The van der Waals surface area contributed by atoms with Crippen molar-refractivity contribution in [3.05, 3.63) is 71.0 Å². The Bertz CT molecular complexity index is 1140. The van der Waals surface area contributed by atoms with Crippen molar-refractivity contribution in [2.75, 3.05) is 50.7 Å². The summed E-state index contributed by atoms with van der Waals surface area (Å²) in [6, 6.07) is 13.8. The minimum Gasteiger partial charge on any atom is -0.369 e. The van der Waals surface area contributed by atoms with Gasteiger partial charge in [-0.1, -0.05) is 48.0 Å². The number of hydrogen-bond acceptors (Lipinski definition) is 5. The van der Waals surface area contributed by atoms with Gasteiger partial charge in [-0.25, -0.2) is 0 Å². The van der Waals surface area contributed by atoms with Crippen molar-refractivity contribution in [3.8, 4) is 11.3 Å². The number of alkyl halides is 3. The maximum atomic E-state index is 13.4. The zero-order valence-corrected chi connectivity index (χ0v) is 21.3. The molecule has 2 aromatic carbocycles. The van der Waals surface area contributed by atoms with Gasteiger partial charge in [0, 0.05) is 43.5 Å². The van der Waals surface area contributed by atoms with Crippen LogP contribution in [0.3, 0.4) is 0 Å². The molecule has 2 heterocycles. The zero-order chi connectivity index (χ0) is 25.7. The van der Waals surface area contributed by atoms with Gasteiger partial charge in [-0.3, -0.25) is 9.80 Å². The van der Waals surface area contributed by atoms with Crippen LogP contribution in [0.1, 0.15) is 35.8 Å². The van der Waals surface area contributed by atoms with Crippen LogP contribution in [-0.2, 0) is 12.7 Å². The average molecular weight is 501 g/mol. The highest BCUT2D eigenvalue weighted by Crippen LogP contribution is 2.36. The second kappa shape index (κ2) is 11.5. The van der Waals surface area contributed by atoms with Crippen LogP contribution >= 0.6 is 0 Å². The summed E-state index contributed by atoms with van der Waals surface area (Å²) in [5.74, 6) is 0.575. The van der Waals surface area contributed by atoms with Crippen molar-refractivity contribution < 1.29 is 17.7 Å². The molecule has 0 bridgehead atoms. The first-order valence-corrected chi connectivity index (χ1v) is 12.6. The quantitative estimate of drug-likeness (QED) is 0.360. The molecule has 36 heavy (non-hydrogen) atoms. The van der Waals surface area contributed by atoms with Gasteiger partial charge in [-0.2, -0.15) is 13.2 Å². The monoisotopic (exact) mass is 500 g/mol. The Kier molecular flexibility index (Phi) is 8.36. The molecule has 0 saturated carbocycles. The second-order valence-electron chi connectivity index (χ2n) is 9.56. The average Bonchev–Trinajstić information content (AvgIpc) is 3.32. The highest BCUT2D eigenvalue weighted by Gasteiger charge is 2.34. The van der Waals surface area contributed by atoms with Gasteiger partial charge in [0.2, 0.25) is 0 Å². The number of rotatable bonds is 9. The lowest BCUT2D eigenvalue weighted by atomic mass is 10.0. The van der Waals surface area contributed by atoms with E-state index in [9.17, 15) is 13.2 Å². The van der Waals surface area contributed by atoms with E-state index >= 15 is 0 Å². The third-order valence-electron chi connectivity index (χ3n) is 6.91. The fourth-order valence-electron chi connectivity index (χ4n) is 4.93. The molecule has 0 spiro atoms. The van der Waals surface area contributed by atoms with Crippen LogP contribution in [0.25, 0.3) is 11.3 Å². The molecular formula is C28H35F3N4O. The third-order valence-corrected chi connectivity index (χ3v) is 6.91. The standard InChI is InChI=1S/C28H35F3N4O/c1-4-33(20-23-19-26(32-36-23)24-8-5-6-9-25(24)28(29,30)31)12-7-13-34-14-16-35(17-15-34)27-11-10-21(2)18-22(27)3/h5-6,8-11,18-19H,4,7,12-17,20H2,1-3H3. The second-order valence-corrected chi connectivity index (χ2v) is 9.56. The van der Waals surface area contributed by atoms with Crippen LogP contribution in [0.5, 0.6) is 0 Å². The van der Waals surface area contributed by atoms with Gasteiger partial charge in [0.25, 0.3) is 0 Å². The molecule has 0 amide bonds. The molecule has 1 aliphatic rings. The molecular weight excluding hydrogens is 465 g/mol. The highest BCUT2D eigenvalue weighted by molar-refractivity contribution is 5.64. The zero-order valence-electron chi connectivity index (χ0n) is 21.3. The van der Waals surface area contributed by atoms with E-state index in [2.05, 4.69) is 58.8 Å². The molecule has 1 fully saturated rings. The largest absolute Gasteiger partial charge is 0.417 e. The molecule has 3 aromatic rings. The van der Waals surface area contributed by atoms with Crippen molar-refractivity contribution >= 4 is 5.69 Å². The van der Waals surface area contributed by atoms with E-state index in [1.54, 1.807) is 12.1 Å². The van der Waals surface area contributed by atoms with Gasteiger partial charge in [0.05, 0.1) is 12.1 Å². The maximum absolute atomic E-state index is 13.4. The lowest BCUT2D eigenvalue weighted by Gasteiger charge is -2.37. The summed E-state index contributed by atoms with van der Waals surface area (Å²) < 4.78 is 45.5. The molecule has 1 aliphatic heterocycles. The number of nitrogens with zero attached hydrogens (tertiary/aromatic N) is 4. The van der Waals surface area contributed by atoms with E-state index in [0.717, 1.165) is 58.3 Å². The van der Waals surface area contributed by atoms with Crippen molar-refractivity contribution in [1.29, 1.82) is 0 Å². The van der Waals surface area contributed by atoms with Crippen molar-refractivity contribution in [3.63, 3.8) is 0 Å². The molecule has 4 rings (SSSR count). The van der Waals surface area contributed by atoms with Crippen LogP contribution in [-0.4, -0.2) is 60.8 Å². The number of hydrogen-bond donors (Lipinski definition) is 0. The summed E-state index contributed by atoms with van der Waals surface area (Å²) >= 11 is 0. The fraction of sp³-hybridized carbons (Fsp3) is 0.464. The lowest BCUT2D eigenvalue weighted by molar-refractivity contribution is -0.137. The van der Waals surface area contributed by atoms with E-state index in [4.69, 9.17) is 4.52 Å². The molecule has 0 aliphatic carbocycles. The van der Waals surface area contributed by atoms with Crippen molar-refractivity contribution in [2.45, 2.75) is 39.9 Å². The Labute approximate surface area is 211 Å². The van der Waals surface area contributed by atoms with Gasteiger partial charge >= 0.3 is 6.18 Å². The summed E-state index contributed by atoms with van der Waals surface area (Å²) in [4.78, 5) is 7.22. The van der Waals surface area contributed by atoms with Crippen LogP contribution in [0.15, 0.2) is 53.1 Å². The van der Waals surface area contributed by atoms with Gasteiger partial charge in [0.15, 0.2) is 5.76 Å². The highest BCUT2D eigenvalue weighted by atomic mass is 19.4. The van der Waals surface area contributed by atoms with Crippen LogP contribution < -0.4 is 4.90 Å². The predicted octanol–water partition coefficient (Wildman–Crippen LogP) is 6.01. The summed E-state index contributed by atoms with van der Waals surface area (Å²) in [7, 11) is 0. The first-order valence-electron chi connectivity index (χ1n) is 12.6. The lowest BCUT2D eigenvalue weighted by Crippen LogP contribution is -2.47. The minimum atomic E-state index is -4.43. The Hall–Kier alpha value is -2.84. The molecule has 1 aromatic heterocycles. The Morgan fingerprint density at radius 1 is 1.00 bits per heavy atom. The molecule has 5 nitrogen and oxygen atoms in total. The molecule has 0 N–H and O–H groups in total. The van der Waals surface area contributed by atoms with E-state index in [1.807, 2.05) is 0 Å². The number of aryl methyl sites for hydroxylation is 2. The van der Waals surface area contributed by atoms with Crippen LogP contribution in [0, 0.1) is 13.8 Å². The number of benzene rings is 2. The third kappa shape index (κ3) is 6.48. The van der Waals surface area contributed by atoms with E-state index in [1.165, 1.54) is 28.9 Å². The summed E-state index contributed by atoms with van der Waals surface area (Å²) in [5.41, 5.74) is 3.53.